The highest BCUT2D eigenvalue weighted by atomic mass is 19.1. The molecule has 27 heavy (non-hydrogen) atoms. The van der Waals surface area contributed by atoms with Gasteiger partial charge < -0.3 is 19.5 Å². The Morgan fingerprint density at radius 1 is 1.15 bits per heavy atom. The smallest absolute Gasteiger partial charge is 0.331 e. The van der Waals surface area contributed by atoms with Gasteiger partial charge in [-0.15, -0.1) is 0 Å². The molecule has 0 aliphatic heterocycles. The van der Waals surface area contributed by atoms with Crippen LogP contribution in [0.5, 0.6) is 11.5 Å². The number of methoxy groups -OCH3 is 2. The Hall–Kier alpha value is -3.35. The Labute approximate surface area is 156 Å². The zero-order valence-corrected chi connectivity index (χ0v) is 15.2. The van der Waals surface area contributed by atoms with Crippen LogP contribution in [0.2, 0.25) is 0 Å². The van der Waals surface area contributed by atoms with Crippen LogP contribution in [0.25, 0.3) is 6.08 Å². The molecule has 0 bridgehead atoms. The van der Waals surface area contributed by atoms with Gasteiger partial charge in [0.25, 0.3) is 5.91 Å². The van der Waals surface area contributed by atoms with Crippen LogP contribution in [0.4, 0.5) is 10.1 Å². The molecule has 7 heteroatoms. The van der Waals surface area contributed by atoms with Crippen molar-refractivity contribution in [2.24, 2.45) is 0 Å². The van der Waals surface area contributed by atoms with E-state index in [0.29, 0.717) is 22.6 Å². The lowest BCUT2D eigenvalue weighted by atomic mass is 10.1. The Morgan fingerprint density at radius 2 is 1.93 bits per heavy atom. The largest absolute Gasteiger partial charge is 0.493 e. The first-order valence-corrected chi connectivity index (χ1v) is 8.06. The molecule has 0 radical (unpaired) electrons. The van der Waals surface area contributed by atoms with Crippen molar-refractivity contribution in [2.75, 3.05) is 26.1 Å². The minimum atomic E-state index is -0.704. The molecule has 2 rings (SSSR count). The van der Waals surface area contributed by atoms with Crippen LogP contribution < -0.4 is 14.8 Å². The normalized spacial score (nSPS) is 10.5. The Morgan fingerprint density at radius 3 is 2.59 bits per heavy atom. The van der Waals surface area contributed by atoms with E-state index in [1.165, 1.54) is 32.4 Å². The maximum atomic E-state index is 13.5. The molecule has 0 spiro atoms. The van der Waals surface area contributed by atoms with Crippen molar-refractivity contribution < 1.29 is 28.2 Å². The number of ether oxygens (including phenoxy) is 3. The second kappa shape index (κ2) is 9.38. The lowest BCUT2D eigenvalue weighted by molar-refractivity contribution is -0.142. The zero-order chi connectivity index (χ0) is 19.8. The van der Waals surface area contributed by atoms with Gasteiger partial charge in [-0.3, -0.25) is 4.79 Å². The Bertz CT molecular complexity index is 863. The van der Waals surface area contributed by atoms with Gasteiger partial charge in [0.15, 0.2) is 18.1 Å². The molecule has 2 aromatic carbocycles. The molecular weight excluding hydrogens is 353 g/mol. The summed E-state index contributed by atoms with van der Waals surface area (Å²) in [7, 11) is 3.00. The van der Waals surface area contributed by atoms with E-state index in [2.05, 4.69) is 5.32 Å². The number of anilines is 1. The average molecular weight is 373 g/mol. The predicted molar refractivity (Wildman–Crippen MR) is 99.3 cm³/mol. The summed E-state index contributed by atoms with van der Waals surface area (Å²) in [6.45, 7) is 1.13. The summed E-state index contributed by atoms with van der Waals surface area (Å²) in [5.74, 6) is -0.704. The van der Waals surface area contributed by atoms with Gasteiger partial charge in [0.2, 0.25) is 0 Å². The quantitative estimate of drug-likeness (QED) is 0.595. The van der Waals surface area contributed by atoms with Crippen molar-refractivity contribution in [1.82, 2.24) is 0 Å². The first kappa shape index (κ1) is 20.0. The number of rotatable bonds is 7. The Kier molecular flexibility index (Phi) is 6.93. The Balaban J connectivity index is 1.91. The summed E-state index contributed by atoms with van der Waals surface area (Å²) in [5, 5.41) is 2.46. The van der Waals surface area contributed by atoms with Crippen LogP contribution in [0, 0.1) is 12.7 Å². The molecule has 0 saturated heterocycles. The molecule has 0 unspecified atom stereocenters. The number of para-hydroxylation sites is 1. The van der Waals surface area contributed by atoms with Crippen molar-refractivity contribution in [3.8, 4) is 11.5 Å². The van der Waals surface area contributed by atoms with E-state index < -0.39 is 24.3 Å². The number of hydrogen-bond acceptors (Lipinski definition) is 5. The summed E-state index contributed by atoms with van der Waals surface area (Å²) >= 11 is 0. The maximum Gasteiger partial charge on any atom is 0.331 e. The number of amides is 1. The summed E-state index contributed by atoms with van der Waals surface area (Å²) < 4.78 is 28.8. The molecule has 0 aliphatic rings. The van der Waals surface area contributed by atoms with Crippen molar-refractivity contribution >= 4 is 23.6 Å². The molecule has 0 heterocycles. The van der Waals surface area contributed by atoms with Crippen molar-refractivity contribution in [3.63, 3.8) is 0 Å². The van der Waals surface area contributed by atoms with Crippen molar-refractivity contribution in [2.45, 2.75) is 6.92 Å². The molecule has 0 aromatic heterocycles. The van der Waals surface area contributed by atoms with E-state index in [-0.39, 0.29) is 5.69 Å². The van der Waals surface area contributed by atoms with Gasteiger partial charge >= 0.3 is 5.97 Å². The summed E-state index contributed by atoms with van der Waals surface area (Å²) in [5.41, 5.74) is 1.38. The second-order valence-electron chi connectivity index (χ2n) is 5.54. The number of nitrogens with one attached hydrogen (secondary N) is 1. The summed E-state index contributed by atoms with van der Waals surface area (Å²) in [6, 6.07) is 9.52. The van der Waals surface area contributed by atoms with Gasteiger partial charge in [-0.05, 0) is 36.8 Å². The summed E-state index contributed by atoms with van der Waals surface area (Å²) in [4.78, 5) is 23.6. The van der Waals surface area contributed by atoms with Crippen molar-refractivity contribution in [3.05, 3.63) is 59.4 Å². The molecule has 0 saturated carbocycles. The topological polar surface area (TPSA) is 73.9 Å². The number of benzene rings is 2. The highest BCUT2D eigenvalue weighted by Gasteiger charge is 2.09. The van der Waals surface area contributed by atoms with Gasteiger partial charge in [0.05, 0.1) is 14.2 Å². The van der Waals surface area contributed by atoms with Gasteiger partial charge in [-0.25, -0.2) is 9.18 Å². The number of carbonyl (C=O) groups is 2. The molecule has 1 N–H and O–H groups in total. The van der Waals surface area contributed by atoms with Crippen LogP contribution >= 0.6 is 0 Å². The van der Waals surface area contributed by atoms with Crippen LogP contribution in [-0.2, 0) is 14.3 Å². The molecule has 0 aliphatic carbocycles. The minimum Gasteiger partial charge on any atom is -0.493 e. The molecule has 0 atom stereocenters. The molecule has 6 nitrogen and oxygen atoms in total. The lowest BCUT2D eigenvalue weighted by Gasteiger charge is -2.09. The lowest BCUT2D eigenvalue weighted by Crippen LogP contribution is -2.20. The van der Waals surface area contributed by atoms with E-state index in [0.717, 1.165) is 0 Å². The van der Waals surface area contributed by atoms with Crippen LogP contribution in [0.15, 0.2) is 42.5 Å². The molecule has 1 amide bonds. The number of carbonyl (C=O) groups excluding carboxylic acids is 2. The van der Waals surface area contributed by atoms with Gasteiger partial charge in [-0.2, -0.15) is 0 Å². The van der Waals surface area contributed by atoms with E-state index in [9.17, 15) is 14.0 Å². The molecule has 0 fully saturated rings. The van der Waals surface area contributed by atoms with Gasteiger partial charge in [0, 0.05) is 17.3 Å². The predicted octanol–water partition coefficient (Wildman–Crippen LogP) is 3.35. The molecule has 2 aromatic rings. The number of halogens is 1. The van der Waals surface area contributed by atoms with Gasteiger partial charge in [-0.1, -0.05) is 18.2 Å². The van der Waals surface area contributed by atoms with E-state index >= 15 is 0 Å². The molecular formula is C20H20FNO5. The third-order valence-electron chi connectivity index (χ3n) is 3.63. The fourth-order valence-corrected chi connectivity index (χ4v) is 2.25. The van der Waals surface area contributed by atoms with E-state index in [1.807, 2.05) is 0 Å². The second-order valence-corrected chi connectivity index (χ2v) is 5.54. The first-order chi connectivity index (χ1) is 12.9. The number of hydrogen-bond donors (Lipinski definition) is 1. The number of aryl methyl sites for hydroxylation is 1. The number of esters is 1. The van der Waals surface area contributed by atoms with Crippen LogP contribution in [0.3, 0.4) is 0 Å². The van der Waals surface area contributed by atoms with Crippen LogP contribution in [0.1, 0.15) is 11.1 Å². The zero-order valence-electron chi connectivity index (χ0n) is 15.2. The first-order valence-electron chi connectivity index (χ1n) is 8.06. The minimum absolute atomic E-state index is 0.288. The maximum absolute atomic E-state index is 13.5. The highest BCUT2D eigenvalue weighted by Crippen LogP contribution is 2.31. The standard InChI is InChI=1S/C20H20FNO5/c1-13-7-9-15(11-16(13)21)22-18(23)12-27-19(24)10-8-14-5-4-6-17(25-2)20(14)26-3/h4-11H,12H2,1-3H3,(H,22,23)/b10-8+. The summed E-state index contributed by atoms with van der Waals surface area (Å²) in [6.07, 6.45) is 2.67. The average Bonchev–Trinajstić information content (AvgIpc) is 2.67. The van der Waals surface area contributed by atoms with Crippen molar-refractivity contribution in [1.29, 1.82) is 0 Å². The molecule has 142 valence electrons. The third-order valence-corrected chi connectivity index (χ3v) is 3.63. The highest BCUT2D eigenvalue weighted by molar-refractivity contribution is 5.94. The fraction of sp³-hybridized carbons (Fsp3) is 0.200. The van der Waals surface area contributed by atoms with Gasteiger partial charge in [0.1, 0.15) is 5.82 Å². The fourth-order valence-electron chi connectivity index (χ4n) is 2.25. The van der Waals surface area contributed by atoms with Crippen LogP contribution in [-0.4, -0.2) is 32.7 Å². The monoisotopic (exact) mass is 373 g/mol. The SMILES string of the molecule is COc1cccc(/C=C/C(=O)OCC(=O)Nc2ccc(C)c(F)c2)c1OC. The van der Waals surface area contributed by atoms with E-state index in [4.69, 9.17) is 14.2 Å². The van der Waals surface area contributed by atoms with E-state index in [1.54, 1.807) is 37.3 Å². The third kappa shape index (κ3) is 5.57.